The van der Waals surface area contributed by atoms with E-state index in [0.717, 1.165) is 33.7 Å². The third-order valence-corrected chi connectivity index (χ3v) is 7.30. The number of hydrogen-bond donors (Lipinski definition) is 3. The van der Waals surface area contributed by atoms with E-state index in [9.17, 15) is 14.3 Å². The fourth-order valence-electron chi connectivity index (χ4n) is 3.70. The zero-order valence-corrected chi connectivity index (χ0v) is 20.0. The fourth-order valence-corrected chi connectivity index (χ4v) is 5.57. The molecule has 0 bridgehead atoms. The number of amides is 1. The van der Waals surface area contributed by atoms with Gasteiger partial charge >= 0.3 is 0 Å². The largest absolute Gasteiger partial charge is 0.481 e. The second-order valence-corrected chi connectivity index (χ2v) is 10.2. The van der Waals surface area contributed by atoms with Gasteiger partial charge in [0.25, 0.3) is 5.91 Å². The Morgan fingerprint density at radius 2 is 2.06 bits per heavy atom. The molecule has 1 atom stereocenters. The zero-order chi connectivity index (χ0) is 24.1. The second kappa shape index (κ2) is 10.9. The summed E-state index contributed by atoms with van der Waals surface area (Å²) in [5.74, 6) is 2.11. The van der Waals surface area contributed by atoms with Gasteiger partial charge in [-0.05, 0) is 56.5 Å². The molecule has 34 heavy (non-hydrogen) atoms. The number of nitrogens with zero attached hydrogens (tertiary/aromatic N) is 3. The minimum absolute atomic E-state index is 0.0850. The molecule has 2 heterocycles. The number of aliphatic hydroxyl groups excluding tert-OH is 1. The molecule has 0 radical (unpaired) electrons. The summed E-state index contributed by atoms with van der Waals surface area (Å²) >= 11 is 0. The number of rotatable bonds is 8. The fraction of sp³-hybridized carbons (Fsp3) is 0.375. The topological polar surface area (TPSA) is 109 Å². The Labute approximate surface area is 200 Å². The average Bonchev–Trinajstić information content (AvgIpc) is 3.30. The number of benzene rings is 2. The van der Waals surface area contributed by atoms with E-state index in [2.05, 4.69) is 20.6 Å². The lowest BCUT2D eigenvalue weighted by Gasteiger charge is -2.15. The van der Waals surface area contributed by atoms with Crippen LogP contribution in [0.5, 0.6) is 5.75 Å². The highest BCUT2D eigenvalue weighted by atomic mass is 32.2. The van der Waals surface area contributed by atoms with Crippen LogP contribution < -0.4 is 15.4 Å². The van der Waals surface area contributed by atoms with Crippen molar-refractivity contribution < 1.29 is 19.0 Å². The number of carbonyl (C=O) groups is 1. The number of aryl methyl sites for hydroxylation is 1. The number of halogens is 1. The molecule has 1 aromatic heterocycles. The van der Waals surface area contributed by atoms with Crippen LogP contribution in [0.4, 0.5) is 21.6 Å². The Bertz CT molecular complexity index is 1230. The molecular formula is C24H28FN5O3S. The van der Waals surface area contributed by atoms with Gasteiger partial charge in [-0.1, -0.05) is 10.7 Å². The first kappa shape index (κ1) is 24.0. The van der Waals surface area contributed by atoms with E-state index >= 15 is 0 Å². The van der Waals surface area contributed by atoms with Crippen molar-refractivity contribution in [2.24, 2.45) is 4.36 Å². The molecule has 2 aromatic carbocycles. The van der Waals surface area contributed by atoms with Crippen molar-refractivity contribution in [3.05, 3.63) is 48.0 Å². The molecule has 0 saturated carbocycles. The minimum Gasteiger partial charge on any atom is -0.481 e. The van der Waals surface area contributed by atoms with Crippen LogP contribution in [0.2, 0.25) is 0 Å². The number of fused-ring (bicyclic) bond motifs is 1. The molecule has 0 spiro atoms. The van der Waals surface area contributed by atoms with Crippen LogP contribution in [0.15, 0.2) is 41.0 Å². The lowest BCUT2D eigenvalue weighted by atomic mass is 10.1. The number of hydrogen-bond acceptors (Lipinski definition) is 7. The van der Waals surface area contributed by atoms with Crippen LogP contribution in [0.1, 0.15) is 25.3 Å². The van der Waals surface area contributed by atoms with Gasteiger partial charge in [-0.3, -0.25) is 4.79 Å². The number of aliphatic hydroxyl groups is 1. The molecule has 4 rings (SSSR count). The van der Waals surface area contributed by atoms with Gasteiger partial charge < -0.3 is 20.5 Å². The van der Waals surface area contributed by atoms with E-state index in [1.807, 2.05) is 19.1 Å². The Morgan fingerprint density at radius 3 is 2.82 bits per heavy atom. The molecule has 3 N–H and O–H groups in total. The molecule has 1 saturated heterocycles. The minimum atomic E-state index is -0.670. The maximum atomic E-state index is 13.9. The van der Waals surface area contributed by atoms with Crippen molar-refractivity contribution in [3.63, 3.8) is 0 Å². The summed E-state index contributed by atoms with van der Waals surface area (Å²) in [5, 5.41) is 15.9. The number of nitrogens with one attached hydrogen (secondary N) is 2. The van der Waals surface area contributed by atoms with Crippen LogP contribution in [-0.2, 0) is 15.5 Å². The molecule has 1 aliphatic rings. The van der Waals surface area contributed by atoms with E-state index in [4.69, 9.17) is 9.10 Å². The van der Waals surface area contributed by atoms with Crippen molar-refractivity contribution in [2.75, 3.05) is 30.0 Å². The average molecular weight is 486 g/mol. The van der Waals surface area contributed by atoms with Gasteiger partial charge in [-0.25, -0.2) is 18.7 Å². The van der Waals surface area contributed by atoms with Crippen molar-refractivity contribution in [1.29, 1.82) is 0 Å². The van der Waals surface area contributed by atoms with Crippen molar-refractivity contribution in [2.45, 2.75) is 32.8 Å². The van der Waals surface area contributed by atoms with Gasteiger partial charge in [0, 0.05) is 29.5 Å². The van der Waals surface area contributed by atoms with Crippen molar-refractivity contribution >= 4 is 44.7 Å². The third-order valence-electron chi connectivity index (χ3n) is 5.31. The molecule has 1 unspecified atom stereocenters. The van der Waals surface area contributed by atoms with Gasteiger partial charge in [0.2, 0.25) is 0 Å². The van der Waals surface area contributed by atoms with Gasteiger partial charge in [-0.15, -0.1) is 0 Å². The SMILES string of the molecule is Cc1cc(N=S2CCCC2)cc2ncnc(Nc3ccc(F)cc3OCC(=O)NCC(C)O)c12. The van der Waals surface area contributed by atoms with E-state index in [-0.39, 0.29) is 29.6 Å². The van der Waals surface area contributed by atoms with Crippen molar-refractivity contribution in [1.82, 2.24) is 15.3 Å². The summed E-state index contributed by atoms with van der Waals surface area (Å²) in [6.07, 6.45) is 3.27. The molecule has 1 amide bonds. The number of ether oxygens (including phenoxy) is 1. The first-order valence-electron chi connectivity index (χ1n) is 11.2. The Kier molecular flexibility index (Phi) is 7.69. The van der Waals surface area contributed by atoms with Crippen LogP contribution in [0.25, 0.3) is 10.9 Å². The van der Waals surface area contributed by atoms with Gasteiger partial charge in [0.05, 0.1) is 23.0 Å². The van der Waals surface area contributed by atoms with Gasteiger partial charge in [0.1, 0.15) is 23.7 Å². The standard InChI is InChI=1S/C24H28FN5O3S/c1-15-9-18(30-34-7-3-4-8-34)11-20-23(15)24(28-14-27-20)29-19-6-5-17(25)10-21(19)33-13-22(32)26-12-16(2)31/h5-6,9-11,14,16,31H,3-4,7-8,12-13H2,1-2H3,(H,26,32)(H,27,28,29). The summed E-state index contributed by atoms with van der Waals surface area (Å²) in [5.41, 5.74) is 3.13. The van der Waals surface area contributed by atoms with Gasteiger partial charge in [0.15, 0.2) is 6.61 Å². The highest BCUT2D eigenvalue weighted by Gasteiger charge is 2.14. The normalized spacial score (nSPS) is 14.7. The predicted octanol–water partition coefficient (Wildman–Crippen LogP) is 3.92. The quantitative estimate of drug-likeness (QED) is 0.446. The summed E-state index contributed by atoms with van der Waals surface area (Å²) in [6.45, 7) is 3.34. The number of anilines is 2. The van der Waals surface area contributed by atoms with Crippen LogP contribution in [-0.4, -0.2) is 51.7 Å². The first-order chi connectivity index (χ1) is 16.4. The van der Waals surface area contributed by atoms with Crippen LogP contribution in [0, 0.1) is 12.7 Å². The Balaban J connectivity index is 1.58. The highest BCUT2D eigenvalue weighted by Crippen LogP contribution is 2.34. The lowest BCUT2D eigenvalue weighted by molar-refractivity contribution is -0.123. The summed E-state index contributed by atoms with van der Waals surface area (Å²) in [4.78, 5) is 20.8. The molecular weight excluding hydrogens is 457 g/mol. The second-order valence-electron chi connectivity index (χ2n) is 8.26. The van der Waals surface area contributed by atoms with E-state index < -0.39 is 17.8 Å². The summed E-state index contributed by atoms with van der Waals surface area (Å²) in [7, 11) is 0.0850. The number of aromatic nitrogens is 2. The van der Waals surface area contributed by atoms with Crippen molar-refractivity contribution in [3.8, 4) is 5.75 Å². The van der Waals surface area contributed by atoms with E-state index in [1.165, 1.54) is 37.4 Å². The molecule has 8 nitrogen and oxygen atoms in total. The summed E-state index contributed by atoms with van der Waals surface area (Å²) in [6, 6.07) is 8.05. The maximum Gasteiger partial charge on any atom is 0.258 e. The highest BCUT2D eigenvalue weighted by molar-refractivity contribution is 7.87. The van der Waals surface area contributed by atoms with E-state index in [1.54, 1.807) is 6.92 Å². The molecule has 3 aromatic rings. The zero-order valence-electron chi connectivity index (χ0n) is 19.2. The summed E-state index contributed by atoms with van der Waals surface area (Å²) < 4.78 is 24.4. The predicted molar refractivity (Wildman–Crippen MR) is 133 cm³/mol. The Morgan fingerprint density at radius 1 is 1.26 bits per heavy atom. The molecule has 180 valence electrons. The Hall–Kier alpha value is -3.11. The smallest absolute Gasteiger partial charge is 0.258 e. The molecule has 0 aliphatic carbocycles. The molecule has 1 fully saturated rings. The number of carbonyl (C=O) groups excluding carboxylic acids is 1. The van der Waals surface area contributed by atoms with Crippen LogP contribution in [0.3, 0.4) is 0 Å². The van der Waals surface area contributed by atoms with E-state index in [0.29, 0.717) is 11.5 Å². The molecule has 1 aliphatic heterocycles. The molecule has 10 heteroatoms. The first-order valence-corrected chi connectivity index (χ1v) is 12.7. The third kappa shape index (κ3) is 6.06. The lowest BCUT2D eigenvalue weighted by Crippen LogP contribution is -2.34. The van der Waals surface area contributed by atoms with Crippen LogP contribution >= 0.6 is 0 Å². The monoisotopic (exact) mass is 485 g/mol. The van der Waals surface area contributed by atoms with Gasteiger partial charge in [-0.2, -0.15) is 0 Å². The maximum absolute atomic E-state index is 13.9.